The average Bonchev–Trinajstić information content (AvgIpc) is 1.67. The van der Waals surface area contributed by atoms with Crippen molar-refractivity contribution in [3.8, 4) is 0 Å². The predicted molar refractivity (Wildman–Crippen MR) is 480 cm³/mol. The first-order valence-corrected chi connectivity index (χ1v) is 46.2. The summed E-state index contributed by atoms with van der Waals surface area (Å²) < 4.78 is 25.0. The number of fused-ring (bicyclic) bond motifs is 8. The van der Waals surface area contributed by atoms with Crippen molar-refractivity contribution < 1.29 is 23.4 Å². The summed E-state index contributed by atoms with van der Waals surface area (Å²) >= 11 is 25.4. The highest BCUT2D eigenvalue weighted by Gasteiger charge is 2.42. The van der Waals surface area contributed by atoms with Crippen molar-refractivity contribution in [2.24, 2.45) is 11.8 Å². The number of halogens is 4. The molecule has 4 aliphatic carbocycles. The van der Waals surface area contributed by atoms with Crippen molar-refractivity contribution in [2.45, 2.75) is 212 Å². The van der Waals surface area contributed by atoms with Gasteiger partial charge in [0.2, 0.25) is 15.9 Å². The molecule has 3 N–H and O–H groups in total. The molecule has 0 bridgehead atoms. The van der Waals surface area contributed by atoms with E-state index in [9.17, 15) is 23.4 Å². The molecule has 26 nitrogen and oxygen atoms in total. The van der Waals surface area contributed by atoms with Crippen LogP contribution in [0, 0.1) is 11.8 Å². The normalized spacial score (nSPS) is 22.4. The molecule has 16 heterocycles. The van der Waals surface area contributed by atoms with Gasteiger partial charge in [-0.05, 0) is 111 Å². The van der Waals surface area contributed by atoms with Crippen LogP contribution >= 0.6 is 46.4 Å². The van der Waals surface area contributed by atoms with E-state index >= 15 is 0 Å². The molecule has 0 saturated carbocycles. The Hall–Kier alpha value is -9.06. The van der Waals surface area contributed by atoms with Crippen LogP contribution in [0.4, 0.5) is 40.2 Å². The quantitative estimate of drug-likeness (QED) is 0.0958. The van der Waals surface area contributed by atoms with Gasteiger partial charge in [-0.3, -0.25) is 4.79 Å². The summed E-state index contributed by atoms with van der Waals surface area (Å²) in [4.78, 5) is 83.9. The third-order valence-electron chi connectivity index (χ3n) is 26.9. The molecule has 8 aromatic rings. The molecule has 0 spiro atoms. The van der Waals surface area contributed by atoms with Crippen molar-refractivity contribution in [1.82, 2.24) is 69.4 Å². The summed E-state index contributed by atoms with van der Waals surface area (Å²) in [7, 11) is -1.44. The van der Waals surface area contributed by atoms with Crippen LogP contribution < -0.4 is 39.6 Å². The molecule has 4 fully saturated rings. The molecule has 8 aliphatic heterocycles. The SMILES string of the molecule is CCC1(O)CCN(c2ncnc3c2CN(c2cc(Cl)nc4c2C=CC4)[C@H](C)C3)CC1.CNC(=O)[C@@H]1CCCN(c2ncnc3c2CN(c2cc(Cl)nc4c2C=CC4)[C@H](C)C3)C1.C[C@@H]1Cc2ncnc(C3CN(S(C)(=O)=O)C3)c2CN1c1cc(Cl)nc2c1C=CC2.C[C@@H]1Cc2ncnc(N3CCC[C@H](C(C)(C)O)C3)c2CN1c1cc(Cl)nc2c1C=CC2. The number of sulfonamides is 1. The molecule has 121 heavy (non-hydrogen) atoms. The molecule has 12 aliphatic rings. The minimum atomic E-state index is -3.15. The highest BCUT2D eigenvalue weighted by Crippen LogP contribution is 2.46. The Morgan fingerprint density at radius 3 is 1.22 bits per heavy atom. The van der Waals surface area contributed by atoms with Gasteiger partial charge in [0.05, 0.1) is 74.6 Å². The monoisotopic (exact) mass is 1730 g/mol. The van der Waals surface area contributed by atoms with Crippen molar-refractivity contribution >= 4 is 127 Å². The summed E-state index contributed by atoms with van der Waals surface area (Å²) in [6.07, 6.45) is 38.1. The van der Waals surface area contributed by atoms with Gasteiger partial charge in [-0.15, -0.1) is 0 Å². The Morgan fingerprint density at radius 1 is 0.496 bits per heavy atom. The summed E-state index contributed by atoms with van der Waals surface area (Å²) in [6.45, 7) is 23.7. The number of amides is 1. The second kappa shape index (κ2) is 34.6. The van der Waals surface area contributed by atoms with Crippen LogP contribution in [0.5, 0.6) is 0 Å². The van der Waals surface area contributed by atoms with Crippen LogP contribution in [0.25, 0.3) is 24.3 Å². The van der Waals surface area contributed by atoms with Gasteiger partial charge < -0.3 is 49.8 Å². The van der Waals surface area contributed by atoms with Gasteiger partial charge in [-0.2, -0.15) is 0 Å². The highest BCUT2D eigenvalue weighted by molar-refractivity contribution is 7.88. The van der Waals surface area contributed by atoms with Crippen molar-refractivity contribution in [1.29, 1.82) is 0 Å². The number of anilines is 7. The predicted octanol–water partition coefficient (Wildman–Crippen LogP) is 13.2. The Morgan fingerprint density at radius 2 is 0.851 bits per heavy atom. The van der Waals surface area contributed by atoms with Crippen LogP contribution in [0.3, 0.4) is 0 Å². The standard InChI is InChI=1S/C24H30ClN5O.C23H27ClN6O.C23H28ClN5O.C20H22ClN5O2S/c1-15-10-20-18(13-30(15)21-11-22(25)28-19-8-4-7-17(19)21)23(27-14-26-20)29-9-5-6-16(12-29)24(2,3)31;1-14-9-19-17(12-30(14)20-10-21(24)28-18-7-3-6-16(18)20)22(27-13-26-19)29-8-4-5-15(11-29)23(31)25-2;1-3-23(30)7-9-28(10-8-23)22-17-13-29(15(2)11-19(17)25-14-26-22)20-12-21(24)27-18-6-4-5-16(18)20;1-12-6-17-15(20(23-11-22-17)13-8-25(9-13)29(2,27)28)10-26(12)18-7-19(21)24-16-5-3-4-14(16)18/h4,7,11,14-16,31H,5-6,8-10,12-13H2,1-3H3;3,6,10,13-15H,4-5,7-9,11-12H2,1-2H3,(H,25,31);4-5,12,14-15,30H,3,6-11,13H2,1-2H3;3-4,7,11-13H,5-6,8-10H2,1-2H3/t15-,16+;14-,15-;15-;12-/m1111/s1. The number of allylic oxidation sites excluding steroid dienone is 4. The van der Waals surface area contributed by atoms with E-state index in [0.29, 0.717) is 65.4 Å². The van der Waals surface area contributed by atoms with E-state index in [1.54, 1.807) is 32.4 Å². The Kier molecular flexibility index (Phi) is 24.0. The van der Waals surface area contributed by atoms with Crippen molar-refractivity contribution in [3.63, 3.8) is 0 Å². The van der Waals surface area contributed by atoms with Crippen LogP contribution in [-0.4, -0.2) is 190 Å². The molecule has 1 amide bonds. The largest absolute Gasteiger partial charge is 0.390 e. The number of pyridine rings is 4. The Bertz CT molecular complexity index is 5560. The third kappa shape index (κ3) is 17.3. The highest BCUT2D eigenvalue weighted by atomic mass is 35.5. The van der Waals surface area contributed by atoms with E-state index in [1.807, 2.05) is 38.1 Å². The first kappa shape index (κ1) is 84.2. The molecule has 0 radical (unpaired) electrons. The number of hydrogen-bond acceptors (Lipinski definition) is 24. The van der Waals surface area contributed by atoms with Crippen LogP contribution in [0.2, 0.25) is 20.6 Å². The second-order valence-electron chi connectivity index (χ2n) is 35.2. The Labute approximate surface area is 729 Å². The summed E-state index contributed by atoms with van der Waals surface area (Å²) in [5.41, 5.74) is 22.1. The number of piperidine rings is 3. The zero-order chi connectivity index (χ0) is 84.5. The molecule has 20 rings (SSSR count). The van der Waals surface area contributed by atoms with Crippen LogP contribution in [0.15, 0.2) is 73.9 Å². The van der Waals surface area contributed by atoms with Gasteiger partial charge in [-0.25, -0.2) is 72.5 Å². The molecule has 0 aromatic carbocycles. The van der Waals surface area contributed by atoms with E-state index < -0.39 is 21.2 Å². The number of nitrogens with one attached hydrogen (secondary N) is 1. The van der Waals surface area contributed by atoms with E-state index in [-0.39, 0.29) is 35.7 Å². The molecule has 8 aromatic heterocycles. The minimum Gasteiger partial charge on any atom is -0.390 e. The van der Waals surface area contributed by atoms with E-state index in [4.69, 9.17) is 51.4 Å². The lowest BCUT2D eigenvalue weighted by molar-refractivity contribution is -0.124. The van der Waals surface area contributed by atoms with E-state index in [2.05, 4.69) is 178 Å². The topological polar surface area (TPSA) is 284 Å². The fraction of sp³-hybridized carbons (Fsp3) is 0.500. The number of nitrogens with zero attached hydrogens (tertiary/aromatic N) is 20. The van der Waals surface area contributed by atoms with Gasteiger partial charge in [-0.1, -0.05) is 102 Å². The average molecular weight is 1740 g/mol. The third-order valence-corrected chi connectivity index (χ3v) is 28.9. The first-order chi connectivity index (χ1) is 58.1. The number of hydrogen-bond donors (Lipinski definition) is 3. The van der Waals surface area contributed by atoms with Gasteiger partial charge in [0.15, 0.2) is 0 Å². The Balaban J connectivity index is 0.000000115. The number of carbonyl (C=O) groups excluding carboxylic acids is 1. The zero-order valence-corrected chi connectivity index (χ0v) is 74.2. The number of aromatic nitrogens is 12. The maximum absolute atomic E-state index is 12.2. The van der Waals surface area contributed by atoms with Crippen molar-refractivity contribution in [3.05, 3.63) is 190 Å². The maximum atomic E-state index is 12.2. The lowest BCUT2D eigenvalue weighted by atomic mass is 9.84. The molecular weight excluding hydrogens is 1630 g/mol. The summed E-state index contributed by atoms with van der Waals surface area (Å²) in [5, 5.41) is 26.2. The van der Waals surface area contributed by atoms with Gasteiger partial charge in [0, 0.05) is 240 Å². The summed E-state index contributed by atoms with van der Waals surface area (Å²) in [5.74, 6) is 3.45. The second-order valence-corrected chi connectivity index (χ2v) is 38.7. The maximum Gasteiger partial charge on any atom is 0.224 e. The molecule has 31 heteroatoms. The van der Waals surface area contributed by atoms with Crippen LogP contribution in [0.1, 0.15) is 195 Å². The number of aliphatic hydroxyl groups is 2. The van der Waals surface area contributed by atoms with Crippen molar-refractivity contribution in [2.75, 3.05) is 100.0 Å². The van der Waals surface area contributed by atoms with Crippen LogP contribution in [-0.2, 0) is 92.4 Å². The fourth-order valence-electron chi connectivity index (χ4n) is 19.9. The van der Waals surface area contributed by atoms with E-state index in [0.717, 1.165) is 256 Å². The molecular formula is C90H107Cl4N21O5S. The van der Waals surface area contributed by atoms with Gasteiger partial charge in [0.1, 0.15) is 63.4 Å². The lowest BCUT2D eigenvalue weighted by Crippen LogP contribution is -2.49. The minimum absolute atomic E-state index is 0.00427. The number of rotatable bonds is 12. The molecule has 0 unspecified atom stereocenters. The molecule has 636 valence electrons. The summed E-state index contributed by atoms with van der Waals surface area (Å²) in [6, 6.07) is 9.05. The zero-order valence-electron chi connectivity index (χ0n) is 70.4. The number of carbonyl (C=O) groups is 1. The smallest absolute Gasteiger partial charge is 0.224 e. The molecule has 6 atom stereocenters. The van der Waals surface area contributed by atoms with E-state index in [1.165, 1.54) is 32.8 Å². The van der Waals surface area contributed by atoms with Gasteiger partial charge >= 0.3 is 0 Å². The first-order valence-electron chi connectivity index (χ1n) is 42.8. The molecule has 4 saturated heterocycles. The lowest BCUT2D eigenvalue weighted by Gasteiger charge is -2.42. The van der Waals surface area contributed by atoms with Gasteiger partial charge in [0.25, 0.3) is 0 Å². The fourth-order valence-corrected chi connectivity index (χ4v) is 21.6.